The number of carbonyl (C=O) groups excluding carboxylic acids is 1. The fraction of sp³-hybridized carbons (Fsp3) is 0.391. The summed E-state index contributed by atoms with van der Waals surface area (Å²) < 4.78 is 5.81. The number of aliphatic carboxylic acids is 1. The van der Waals surface area contributed by atoms with Crippen LogP contribution in [0.25, 0.3) is 0 Å². The molecule has 5 heteroatoms. The average molecular weight is 381 g/mol. The first-order valence-electron chi connectivity index (χ1n) is 9.81. The van der Waals surface area contributed by atoms with E-state index in [9.17, 15) is 14.7 Å². The number of ether oxygens (including phenoxy) is 1. The Labute approximate surface area is 165 Å². The highest BCUT2D eigenvalue weighted by Gasteiger charge is 2.35. The number of carboxylic acids is 1. The Morgan fingerprint density at radius 1 is 1.04 bits per heavy atom. The predicted molar refractivity (Wildman–Crippen MR) is 107 cm³/mol. The van der Waals surface area contributed by atoms with Crippen molar-refractivity contribution in [1.29, 1.82) is 0 Å². The summed E-state index contributed by atoms with van der Waals surface area (Å²) in [6.45, 7) is 2.95. The van der Waals surface area contributed by atoms with Crippen molar-refractivity contribution in [2.45, 2.75) is 45.8 Å². The van der Waals surface area contributed by atoms with Gasteiger partial charge in [-0.25, -0.2) is 0 Å². The quantitative estimate of drug-likeness (QED) is 0.758. The molecule has 2 aromatic rings. The van der Waals surface area contributed by atoms with Gasteiger partial charge in [0.2, 0.25) is 5.91 Å². The molecule has 1 aliphatic rings. The Bertz CT molecular complexity index is 816. The van der Waals surface area contributed by atoms with Crippen LogP contribution in [-0.4, -0.2) is 17.0 Å². The lowest BCUT2D eigenvalue weighted by atomic mass is 9.78. The van der Waals surface area contributed by atoms with E-state index in [1.165, 1.54) is 5.56 Å². The van der Waals surface area contributed by atoms with Gasteiger partial charge in [-0.15, -0.1) is 0 Å². The van der Waals surface area contributed by atoms with E-state index < -0.39 is 17.8 Å². The van der Waals surface area contributed by atoms with Crippen LogP contribution in [0.4, 0.5) is 0 Å². The molecule has 0 radical (unpaired) electrons. The lowest BCUT2D eigenvalue weighted by Gasteiger charge is -2.27. The SMILES string of the molecule is Cc1cccc(COc2ccc(CNC(=O)C3CCCCC3C(=O)O)cc2)c1. The van der Waals surface area contributed by atoms with Crippen molar-refractivity contribution in [3.63, 3.8) is 0 Å². The maximum Gasteiger partial charge on any atom is 0.307 e. The van der Waals surface area contributed by atoms with E-state index in [0.29, 0.717) is 26.0 Å². The molecule has 0 aliphatic heterocycles. The van der Waals surface area contributed by atoms with Gasteiger partial charge in [0.05, 0.1) is 11.8 Å². The molecule has 0 heterocycles. The molecule has 2 aromatic carbocycles. The van der Waals surface area contributed by atoms with E-state index in [-0.39, 0.29) is 5.91 Å². The van der Waals surface area contributed by atoms with Crippen LogP contribution >= 0.6 is 0 Å². The molecule has 0 bridgehead atoms. The molecule has 1 aliphatic carbocycles. The van der Waals surface area contributed by atoms with Crippen LogP contribution in [0.15, 0.2) is 48.5 Å². The molecule has 1 fully saturated rings. The van der Waals surface area contributed by atoms with Crippen LogP contribution in [0.1, 0.15) is 42.4 Å². The Hall–Kier alpha value is -2.82. The number of aryl methyl sites for hydroxylation is 1. The van der Waals surface area contributed by atoms with Crippen LogP contribution < -0.4 is 10.1 Å². The van der Waals surface area contributed by atoms with Crippen molar-refractivity contribution in [3.8, 4) is 5.75 Å². The molecule has 0 aromatic heterocycles. The molecule has 2 N–H and O–H groups in total. The number of benzene rings is 2. The second kappa shape index (κ2) is 9.40. The minimum absolute atomic E-state index is 0.160. The summed E-state index contributed by atoms with van der Waals surface area (Å²) in [6.07, 6.45) is 3.02. The molecule has 0 saturated heterocycles. The Kier molecular flexibility index (Phi) is 6.69. The molecule has 28 heavy (non-hydrogen) atoms. The van der Waals surface area contributed by atoms with E-state index >= 15 is 0 Å². The number of hydrogen-bond donors (Lipinski definition) is 2. The summed E-state index contributed by atoms with van der Waals surface area (Å²) in [6, 6.07) is 15.8. The van der Waals surface area contributed by atoms with Crippen LogP contribution in [0, 0.1) is 18.8 Å². The van der Waals surface area contributed by atoms with Crippen molar-refractivity contribution in [3.05, 3.63) is 65.2 Å². The van der Waals surface area contributed by atoms with Gasteiger partial charge < -0.3 is 15.2 Å². The Morgan fingerprint density at radius 2 is 1.75 bits per heavy atom. The minimum Gasteiger partial charge on any atom is -0.489 e. The summed E-state index contributed by atoms with van der Waals surface area (Å²) in [4.78, 5) is 23.8. The van der Waals surface area contributed by atoms with Gasteiger partial charge in [-0.2, -0.15) is 0 Å². The third-order valence-corrected chi connectivity index (χ3v) is 5.30. The van der Waals surface area contributed by atoms with Crippen molar-refractivity contribution < 1.29 is 19.4 Å². The zero-order chi connectivity index (χ0) is 19.9. The zero-order valence-corrected chi connectivity index (χ0v) is 16.2. The highest BCUT2D eigenvalue weighted by atomic mass is 16.5. The first-order valence-corrected chi connectivity index (χ1v) is 9.81. The summed E-state index contributed by atoms with van der Waals surface area (Å²) in [7, 11) is 0. The number of carbonyl (C=O) groups is 2. The van der Waals surface area contributed by atoms with Gasteiger partial charge in [-0.1, -0.05) is 54.8 Å². The molecule has 5 nitrogen and oxygen atoms in total. The number of hydrogen-bond acceptors (Lipinski definition) is 3. The standard InChI is InChI=1S/C23H27NO4/c1-16-5-4-6-18(13-16)15-28-19-11-9-17(10-12-19)14-24-22(25)20-7-2-3-8-21(20)23(26)27/h4-6,9-13,20-21H,2-3,7-8,14-15H2,1H3,(H,24,25)(H,26,27). The first kappa shape index (κ1) is 19.9. The van der Waals surface area contributed by atoms with Crippen molar-refractivity contribution in [1.82, 2.24) is 5.32 Å². The number of amides is 1. The van der Waals surface area contributed by atoms with E-state index in [4.69, 9.17) is 4.74 Å². The van der Waals surface area contributed by atoms with E-state index in [1.54, 1.807) is 0 Å². The van der Waals surface area contributed by atoms with Crippen LogP contribution in [0.5, 0.6) is 5.75 Å². The molecule has 1 saturated carbocycles. The highest BCUT2D eigenvalue weighted by molar-refractivity contribution is 5.84. The van der Waals surface area contributed by atoms with E-state index in [1.807, 2.05) is 36.4 Å². The minimum atomic E-state index is -0.866. The fourth-order valence-corrected chi connectivity index (χ4v) is 3.73. The van der Waals surface area contributed by atoms with Gasteiger partial charge in [0.1, 0.15) is 12.4 Å². The lowest BCUT2D eigenvalue weighted by molar-refractivity contribution is -0.148. The van der Waals surface area contributed by atoms with E-state index in [0.717, 1.165) is 29.7 Å². The predicted octanol–water partition coefficient (Wildman–Crippen LogP) is 4.08. The molecule has 0 spiro atoms. The summed E-state index contributed by atoms with van der Waals surface area (Å²) in [5.41, 5.74) is 3.28. The maximum absolute atomic E-state index is 12.4. The second-order valence-electron chi connectivity index (χ2n) is 7.48. The monoisotopic (exact) mass is 381 g/mol. The maximum atomic E-state index is 12.4. The third-order valence-electron chi connectivity index (χ3n) is 5.30. The van der Waals surface area contributed by atoms with Gasteiger partial charge in [0.15, 0.2) is 0 Å². The summed E-state index contributed by atoms with van der Waals surface area (Å²) in [5, 5.41) is 12.2. The number of carboxylic acid groups (broad SMARTS) is 1. The van der Waals surface area contributed by atoms with E-state index in [2.05, 4.69) is 24.4 Å². The van der Waals surface area contributed by atoms with Crippen molar-refractivity contribution >= 4 is 11.9 Å². The Morgan fingerprint density at radius 3 is 2.43 bits per heavy atom. The molecule has 2 atom stereocenters. The zero-order valence-electron chi connectivity index (χ0n) is 16.2. The van der Waals surface area contributed by atoms with Gasteiger partial charge in [0.25, 0.3) is 0 Å². The fourth-order valence-electron chi connectivity index (χ4n) is 3.73. The van der Waals surface area contributed by atoms with Gasteiger partial charge >= 0.3 is 5.97 Å². The molecular formula is C23H27NO4. The van der Waals surface area contributed by atoms with Gasteiger partial charge in [-0.3, -0.25) is 9.59 Å². The van der Waals surface area contributed by atoms with Crippen molar-refractivity contribution in [2.75, 3.05) is 0 Å². The van der Waals surface area contributed by atoms with Crippen molar-refractivity contribution in [2.24, 2.45) is 11.8 Å². The smallest absolute Gasteiger partial charge is 0.307 e. The molecule has 1 amide bonds. The highest BCUT2D eigenvalue weighted by Crippen LogP contribution is 2.30. The van der Waals surface area contributed by atoms with Crippen LogP contribution in [0.3, 0.4) is 0 Å². The van der Waals surface area contributed by atoms with Gasteiger partial charge in [0, 0.05) is 6.54 Å². The van der Waals surface area contributed by atoms with Gasteiger partial charge in [-0.05, 0) is 43.0 Å². The Balaban J connectivity index is 1.50. The molecule has 2 unspecified atom stereocenters. The second-order valence-corrected chi connectivity index (χ2v) is 7.48. The lowest BCUT2D eigenvalue weighted by Crippen LogP contribution is -2.39. The first-order chi connectivity index (χ1) is 13.5. The topological polar surface area (TPSA) is 75.6 Å². The number of nitrogens with one attached hydrogen (secondary N) is 1. The molecule has 3 rings (SSSR count). The third kappa shape index (κ3) is 5.35. The van der Waals surface area contributed by atoms with Crippen LogP contribution in [-0.2, 0) is 22.7 Å². The molecular weight excluding hydrogens is 354 g/mol. The molecule has 148 valence electrons. The normalized spacial score (nSPS) is 19.0. The largest absolute Gasteiger partial charge is 0.489 e. The average Bonchev–Trinajstić information content (AvgIpc) is 2.71. The van der Waals surface area contributed by atoms with Crippen LogP contribution in [0.2, 0.25) is 0 Å². The summed E-state index contributed by atoms with van der Waals surface area (Å²) in [5.74, 6) is -1.24. The number of rotatable bonds is 7. The summed E-state index contributed by atoms with van der Waals surface area (Å²) >= 11 is 0.